The lowest BCUT2D eigenvalue weighted by Crippen LogP contribution is -2.45. The Kier molecular flexibility index (Phi) is 8.64. The summed E-state index contributed by atoms with van der Waals surface area (Å²) in [6.07, 6.45) is 1.54. The van der Waals surface area contributed by atoms with Crippen LogP contribution in [-0.4, -0.2) is 15.4 Å². The van der Waals surface area contributed by atoms with E-state index in [1.165, 1.54) is 43.8 Å². The fourth-order valence-electron chi connectivity index (χ4n) is 8.62. The molecule has 0 fully saturated rings. The van der Waals surface area contributed by atoms with Crippen LogP contribution in [0.1, 0.15) is 29.0 Å². The molecular weight excluding hydrogens is 719 g/mol. The molecule has 2 atom stereocenters. The van der Waals surface area contributed by atoms with Crippen LogP contribution in [0.15, 0.2) is 217 Å². The third-order valence-electron chi connectivity index (χ3n) is 11.5. The van der Waals surface area contributed by atoms with E-state index < -0.39 is 0 Å². The van der Waals surface area contributed by atoms with E-state index in [9.17, 15) is 0 Å². The Hall–Kier alpha value is -7.60. The molecule has 2 aromatic heterocycles. The highest BCUT2D eigenvalue weighted by Crippen LogP contribution is 2.40. The lowest BCUT2D eigenvalue weighted by atomic mass is 9.93. The Labute approximate surface area is 343 Å². The lowest BCUT2D eigenvalue weighted by Gasteiger charge is -2.32. The molecule has 0 aliphatic carbocycles. The molecule has 8 aromatic carbocycles. The Morgan fingerprint density at radius 3 is 1.73 bits per heavy atom. The van der Waals surface area contributed by atoms with Gasteiger partial charge in [-0.05, 0) is 97.7 Å². The zero-order valence-electron chi connectivity index (χ0n) is 32.2. The van der Waals surface area contributed by atoms with Crippen LogP contribution >= 0.6 is 0 Å². The maximum absolute atomic E-state index is 5.26. The number of aromatic nitrogens is 2. The van der Waals surface area contributed by atoms with Crippen LogP contribution in [0.4, 0.5) is 0 Å². The van der Waals surface area contributed by atoms with Gasteiger partial charge >= 0.3 is 0 Å². The van der Waals surface area contributed by atoms with Crippen LogP contribution in [-0.2, 0) is 0 Å². The van der Waals surface area contributed by atoms with Crippen LogP contribution in [0.3, 0.4) is 0 Å². The Balaban J connectivity index is 1.10. The highest BCUT2D eigenvalue weighted by molar-refractivity contribution is 6.21. The number of hydrogen-bond donors (Lipinski definition) is 2. The number of nitrogens with zero attached hydrogens (tertiary/aromatic N) is 3. The van der Waals surface area contributed by atoms with Gasteiger partial charge in [-0.3, -0.25) is 9.88 Å². The van der Waals surface area contributed by atoms with Crippen molar-refractivity contribution in [1.29, 1.82) is 0 Å². The predicted molar refractivity (Wildman–Crippen MR) is 244 cm³/mol. The van der Waals surface area contributed by atoms with Crippen molar-refractivity contribution in [1.82, 2.24) is 20.2 Å². The number of rotatable bonds is 7. The van der Waals surface area contributed by atoms with Gasteiger partial charge in [-0.15, -0.1) is 0 Å². The minimum atomic E-state index is -0.233. The van der Waals surface area contributed by atoms with Gasteiger partial charge in [0.25, 0.3) is 0 Å². The van der Waals surface area contributed by atoms with Crippen molar-refractivity contribution in [2.24, 2.45) is 4.99 Å². The van der Waals surface area contributed by atoms with E-state index in [4.69, 9.17) is 9.98 Å². The summed E-state index contributed by atoms with van der Waals surface area (Å²) in [6.45, 7) is 0. The van der Waals surface area contributed by atoms with Gasteiger partial charge in [0.1, 0.15) is 24.0 Å². The first-order valence-corrected chi connectivity index (χ1v) is 20.1. The van der Waals surface area contributed by atoms with E-state index >= 15 is 0 Å². The smallest absolute Gasteiger partial charge is 0.138 e. The molecule has 0 saturated carbocycles. The van der Waals surface area contributed by atoms with Gasteiger partial charge in [0.05, 0.1) is 11.0 Å². The van der Waals surface area contributed by atoms with Gasteiger partial charge in [0, 0.05) is 22.5 Å². The molecule has 0 radical (unpaired) electrons. The first-order valence-electron chi connectivity index (χ1n) is 20.1. The summed E-state index contributed by atoms with van der Waals surface area (Å²) in [5.74, 6) is 1.64. The molecule has 2 N–H and O–H groups in total. The number of nitrogens with one attached hydrogen (secondary N) is 2. The van der Waals surface area contributed by atoms with Gasteiger partial charge in [0.15, 0.2) is 0 Å². The summed E-state index contributed by atoms with van der Waals surface area (Å²) in [6, 6.07) is 73.4. The van der Waals surface area contributed by atoms with E-state index in [0.29, 0.717) is 0 Å². The van der Waals surface area contributed by atoms with Crippen molar-refractivity contribution in [3.63, 3.8) is 0 Å². The molecule has 2 unspecified atom stereocenters. The monoisotopic (exact) mass is 757 g/mol. The van der Waals surface area contributed by atoms with Gasteiger partial charge < -0.3 is 5.32 Å². The minimum Gasteiger partial charge on any atom is -0.350 e. The molecule has 1 aliphatic rings. The number of amidine groups is 1. The summed E-state index contributed by atoms with van der Waals surface area (Å²) in [5.41, 5.74) is 12.4. The molecule has 59 heavy (non-hydrogen) atoms. The molecule has 3 heterocycles. The van der Waals surface area contributed by atoms with Crippen molar-refractivity contribution in [2.45, 2.75) is 12.3 Å². The second-order valence-corrected chi connectivity index (χ2v) is 15.1. The summed E-state index contributed by atoms with van der Waals surface area (Å²) in [7, 11) is 0. The second-order valence-electron chi connectivity index (χ2n) is 15.1. The minimum absolute atomic E-state index is 0.139. The zero-order valence-corrected chi connectivity index (χ0v) is 32.2. The van der Waals surface area contributed by atoms with Crippen LogP contribution in [0.2, 0.25) is 0 Å². The molecule has 1 aliphatic heterocycles. The fourth-order valence-corrected chi connectivity index (χ4v) is 8.62. The Bertz CT molecular complexity index is 3100. The van der Waals surface area contributed by atoms with Gasteiger partial charge in [-0.25, -0.2) is 9.98 Å². The average molecular weight is 758 g/mol. The molecule has 11 rings (SSSR count). The van der Waals surface area contributed by atoms with Gasteiger partial charge in [0.2, 0.25) is 0 Å². The Morgan fingerprint density at radius 2 is 1.03 bits per heavy atom. The van der Waals surface area contributed by atoms with Crippen molar-refractivity contribution >= 4 is 38.4 Å². The summed E-state index contributed by atoms with van der Waals surface area (Å²) in [4.78, 5) is 10.3. The second kappa shape index (κ2) is 14.7. The van der Waals surface area contributed by atoms with E-state index in [1.807, 2.05) is 18.3 Å². The highest BCUT2D eigenvalue weighted by atomic mass is 15.3. The third-order valence-corrected chi connectivity index (χ3v) is 11.5. The number of benzene rings is 8. The summed E-state index contributed by atoms with van der Waals surface area (Å²) >= 11 is 0. The van der Waals surface area contributed by atoms with Crippen molar-refractivity contribution in [3.8, 4) is 39.2 Å². The van der Waals surface area contributed by atoms with Crippen LogP contribution in [0, 0.1) is 0 Å². The van der Waals surface area contributed by atoms with Crippen LogP contribution < -0.4 is 10.6 Å². The molecule has 5 heteroatoms. The molecule has 5 nitrogen and oxygen atoms in total. The normalized spacial score (nSPS) is 15.3. The fraction of sp³-hybridized carbons (Fsp3) is 0.0370. The van der Waals surface area contributed by atoms with E-state index in [1.54, 1.807) is 0 Å². The number of pyridine rings is 1. The maximum Gasteiger partial charge on any atom is 0.138 e. The molecule has 0 bridgehead atoms. The lowest BCUT2D eigenvalue weighted by molar-refractivity contribution is 0.409. The van der Waals surface area contributed by atoms with Crippen molar-refractivity contribution in [2.75, 3.05) is 0 Å². The average Bonchev–Trinajstić information content (AvgIpc) is 3.67. The standard InChI is InChI=1S/C54H39N5/c1-5-15-36(16-6-1)43-31-44(37-17-7-2-8-18-37)33-45(32-43)41-25-27-47-49(34-41)59(48-28-26-38-19-13-14-24-46(38)51(47)48)50-35-42(29-30-55-50)54-57-52(39-20-9-3-10-21-39)56-53(58-54)40-22-11-4-12-23-40/h1-35,52-53,56H,(H,57,58). The van der Waals surface area contributed by atoms with E-state index in [2.05, 4.69) is 209 Å². The molecule has 0 saturated heterocycles. The van der Waals surface area contributed by atoms with Crippen molar-refractivity contribution in [3.05, 3.63) is 229 Å². The molecule has 10 aromatic rings. The zero-order chi connectivity index (χ0) is 39.1. The van der Waals surface area contributed by atoms with E-state index in [-0.39, 0.29) is 12.3 Å². The van der Waals surface area contributed by atoms with Gasteiger partial charge in [-0.1, -0.05) is 164 Å². The molecular formula is C54H39N5. The quantitative estimate of drug-likeness (QED) is 0.170. The van der Waals surface area contributed by atoms with Crippen LogP contribution in [0.25, 0.3) is 71.8 Å². The van der Waals surface area contributed by atoms with E-state index in [0.717, 1.165) is 50.5 Å². The number of fused-ring (bicyclic) bond motifs is 5. The first-order chi connectivity index (χ1) is 29.2. The maximum atomic E-state index is 5.26. The number of hydrogen-bond acceptors (Lipinski definition) is 4. The highest BCUT2D eigenvalue weighted by Gasteiger charge is 2.26. The predicted octanol–water partition coefficient (Wildman–Crippen LogP) is 12.7. The Morgan fingerprint density at radius 1 is 0.424 bits per heavy atom. The molecule has 280 valence electrons. The molecule has 0 spiro atoms. The summed E-state index contributed by atoms with van der Waals surface area (Å²) < 4.78 is 2.33. The molecule has 0 amide bonds. The topological polar surface area (TPSA) is 54.2 Å². The summed E-state index contributed by atoms with van der Waals surface area (Å²) in [5, 5.41) is 12.3. The first kappa shape index (κ1) is 34.6. The van der Waals surface area contributed by atoms with Crippen LogP contribution in [0.5, 0.6) is 0 Å². The van der Waals surface area contributed by atoms with Gasteiger partial charge in [-0.2, -0.15) is 0 Å². The van der Waals surface area contributed by atoms with Crippen molar-refractivity contribution < 1.29 is 0 Å². The third kappa shape index (κ3) is 6.44. The largest absolute Gasteiger partial charge is 0.350 e. The number of aliphatic imine (C=N–C) groups is 1. The SMILES string of the molecule is c1ccc(-c2cc(-c3ccccc3)cc(-c3ccc4c5c6ccccc6ccc5n(-c5cc(C6=NC(c7ccccc7)NC(c7ccccc7)N6)ccn5)c4c3)c2)cc1.